The molecular formula is C13H22N2O2S. The van der Waals surface area contributed by atoms with Gasteiger partial charge in [-0.1, -0.05) is 6.92 Å². The number of hydrogen-bond acceptors (Lipinski definition) is 3. The first-order valence-corrected chi connectivity index (χ1v) is 7.04. The summed E-state index contributed by atoms with van der Waals surface area (Å²) in [6.45, 7) is 6.96. The number of thiophene rings is 1. The predicted octanol–water partition coefficient (Wildman–Crippen LogP) is 2.26. The lowest BCUT2D eigenvalue weighted by atomic mass is 10.1. The van der Waals surface area contributed by atoms with Crippen LogP contribution in [0.5, 0.6) is 0 Å². The van der Waals surface area contributed by atoms with Gasteiger partial charge in [-0.3, -0.25) is 0 Å². The standard InChI is InChI=1S/C13H22N2O2S/c1-9(6-10(2)16)7-14-13(17)15-8-12-5-4-11(3)18-12/h4-5,9-10,16H,6-8H2,1-3H3,(H2,14,15,17). The van der Waals surface area contributed by atoms with Crippen LogP contribution < -0.4 is 10.6 Å². The molecule has 0 bridgehead atoms. The first-order valence-electron chi connectivity index (χ1n) is 6.22. The molecule has 4 nitrogen and oxygen atoms in total. The van der Waals surface area contributed by atoms with Gasteiger partial charge in [0.2, 0.25) is 0 Å². The number of hydrogen-bond donors (Lipinski definition) is 3. The van der Waals surface area contributed by atoms with Crippen molar-refractivity contribution in [2.45, 2.75) is 39.8 Å². The van der Waals surface area contributed by atoms with Gasteiger partial charge in [0.15, 0.2) is 0 Å². The van der Waals surface area contributed by atoms with E-state index in [2.05, 4.69) is 10.6 Å². The Morgan fingerprint density at radius 1 is 1.39 bits per heavy atom. The van der Waals surface area contributed by atoms with Crippen LogP contribution >= 0.6 is 11.3 Å². The van der Waals surface area contributed by atoms with E-state index >= 15 is 0 Å². The normalized spacial score (nSPS) is 14.0. The molecule has 1 rings (SSSR count). The predicted molar refractivity (Wildman–Crippen MR) is 74.8 cm³/mol. The monoisotopic (exact) mass is 270 g/mol. The Hall–Kier alpha value is -1.07. The van der Waals surface area contributed by atoms with E-state index in [1.54, 1.807) is 18.3 Å². The fourth-order valence-corrected chi connectivity index (χ4v) is 2.57. The van der Waals surface area contributed by atoms with Gasteiger partial charge >= 0.3 is 6.03 Å². The zero-order valence-electron chi connectivity index (χ0n) is 11.2. The van der Waals surface area contributed by atoms with Crippen LogP contribution in [0.25, 0.3) is 0 Å². The average Bonchev–Trinajstić information content (AvgIpc) is 2.69. The van der Waals surface area contributed by atoms with Crippen molar-refractivity contribution >= 4 is 17.4 Å². The Morgan fingerprint density at radius 3 is 2.67 bits per heavy atom. The Kier molecular flexibility index (Phi) is 6.15. The Balaban J connectivity index is 2.18. The number of aliphatic hydroxyl groups is 1. The number of nitrogens with one attached hydrogen (secondary N) is 2. The second-order valence-electron chi connectivity index (χ2n) is 4.77. The van der Waals surface area contributed by atoms with Gasteiger partial charge in [0, 0.05) is 16.3 Å². The van der Waals surface area contributed by atoms with E-state index in [1.165, 1.54) is 4.88 Å². The topological polar surface area (TPSA) is 61.4 Å². The molecule has 2 unspecified atom stereocenters. The number of carbonyl (C=O) groups is 1. The van der Waals surface area contributed by atoms with Gasteiger partial charge in [-0.2, -0.15) is 0 Å². The van der Waals surface area contributed by atoms with Gasteiger partial charge in [0.25, 0.3) is 0 Å². The summed E-state index contributed by atoms with van der Waals surface area (Å²) >= 11 is 1.69. The fourth-order valence-electron chi connectivity index (χ4n) is 1.74. The molecule has 0 spiro atoms. The van der Waals surface area contributed by atoms with Crippen molar-refractivity contribution < 1.29 is 9.90 Å². The molecule has 0 saturated heterocycles. The fraction of sp³-hybridized carbons (Fsp3) is 0.615. The molecule has 0 aliphatic carbocycles. The highest BCUT2D eigenvalue weighted by atomic mass is 32.1. The van der Waals surface area contributed by atoms with Crippen LogP contribution in [0, 0.1) is 12.8 Å². The van der Waals surface area contributed by atoms with Crippen molar-refractivity contribution in [3.63, 3.8) is 0 Å². The third-order valence-corrected chi connectivity index (χ3v) is 3.57. The molecule has 0 aromatic carbocycles. The molecule has 102 valence electrons. The number of carbonyl (C=O) groups excluding carboxylic acids is 1. The Labute approximate surface area is 112 Å². The molecule has 0 aliphatic rings. The molecule has 5 heteroatoms. The summed E-state index contributed by atoms with van der Waals surface area (Å²) in [6.07, 6.45) is 0.378. The SMILES string of the molecule is Cc1ccc(CNC(=O)NCC(C)CC(C)O)s1. The maximum Gasteiger partial charge on any atom is 0.315 e. The summed E-state index contributed by atoms with van der Waals surface area (Å²) in [5.74, 6) is 0.278. The van der Waals surface area contributed by atoms with Crippen LogP contribution in [-0.2, 0) is 6.54 Å². The lowest BCUT2D eigenvalue weighted by Crippen LogP contribution is -2.37. The summed E-state index contributed by atoms with van der Waals surface area (Å²) in [6, 6.07) is 3.92. The summed E-state index contributed by atoms with van der Waals surface area (Å²) in [5, 5.41) is 14.8. The molecule has 2 atom stereocenters. The molecule has 0 aliphatic heterocycles. The highest BCUT2D eigenvalue weighted by molar-refractivity contribution is 7.11. The largest absolute Gasteiger partial charge is 0.393 e. The zero-order valence-corrected chi connectivity index (χ0v) is 12.0. The van der Waals surface area contributed by atoms with E-state index in [9.17, 15) is 9.90 Å². The molecule has 1 aromatic rings. The minimum atomic E-state index is -0.320. The highest BCUT2D eigenvalue weighted by Crippen LogP contribution is 2.14. The minimum absolute atomic E-state index is 0.154. The van der Waals surface area contributed by atoms with Gasteiger partial charge in [-0.05, 0) is 38.3 Å². The molecule has 1 aromatic heterocycles. The van der Waals surface area contributed by atoms with Crippen molar-refractivity contribution in [2.75, 3.05) is 6.54 Å². The summed E-state index contributed by atoms with van der Waals surface area (Å²) in [5.41, 5.74) is 0. The number of rotatable bonds is 6. The second kappa shape index (κ2) is 7.38. The molecule has 3 N–H and O–H groups in total. The Morgan fingerprint density at radius 2 is 2.11 bits per heavy atom. The molecule has 18 heavy (non-hydrogen) atoms. The molecule has 0 saturated carbocycles. The van der Waals surface area contributed by atoms with Crippen LogP contribution in [0.1, 0.15) is 30.0 Å². The van der Waals surface area contributed by atoms with Gasteiger partial charge in [-0.25, -0.2) is 4.79 Å². The number of amides is 2. The zero-order chi connectivity index (χ0) is 13.5. The molecule has 2 amide bonds. The Bertz CT molecular complexity index is 377. The van der Waals surface area contributed by atoms with Crippen molar-refractivity contribution in [1.82, 2.24) is 10.6 Å². The molecule has 0 radical (unpaired) electrons. The lowest BCUT2D eigenvalue weighted by Gasteiger charge is -2.14. The van der Waals surface area contributed by atoms with E-state index in [1.807, 2.05) is 26.0 Å². The first kappa shape index (κ1) is 15.0. The van der Waals surface area contributed by atoms with Crippen LogP contribution in [0.15, 0.2) is 12.1 Å². The van der Waals surface area contributed by atoms with Crippen LogP contribution in [-0.4, -0.2) is 23.8 Å². The third kappa shape index (κ3) is 6.02. The maximum atomic E-state index is 11.5. The summed E-state index contributed by atoms with van der Waals surface area (Å²) < 4.78 is 0. The molecule has 0 fully saturated rings. The maximum absolute atomic E-state index is 11.5. The van der Waals surface area contributed by atoms with Crippen molar-refractivity contribution in [3.8, 4) is 0 Å². The molecular weight excluding hydrogens is 248 g/mol. The third-order valence-electron chi connectivity index (χ3n) is 2.57. The van der Waals surface area contributed by atoms with E-state index in [-0.39, 0.29) is 18.1 Å². The van der Waals surface area contributed by atoms with Gasteiger partial charge in [0.1, 0.15) is 0 Å². The van der Waals surface area contributed by atoms with Gasteiger partial charge in [-0.15, -0.1) is 11.3 Å². The van der Waals surface area contributed by atoms with E-state index in [4.69, 9.17) is 0 Å². The summed E-state index contributed by atoms with van der Waals surface area (Å²) in [7, 11) is 0. The van der Waals surface area contributed by atoms with Crippen LogP contribution in [0.2, 0.25) is 0 Å². The number of aryl methyl sites for hydroxylation is 1. The smallest absolute Gasteiger partial charge is 0.315 e. The van der Waals surface area contributed by atoms with Gasteiger partial charge in [0.05, 0.1) is 12.6 Å². The van der Waals surface area contributed by atoms with Crippen LogP contribution in [0.3, 0.4) is 0 Å². The molecule has 1 heterocycles. The average molecular weight is 270 g/mol. The van der Waals surface area contributed by atoms with E-state index < -0.39 is 0 Å². The summed E-state index contributed by atoms with van der Waals surface area (Å²) in [4.78, 5) is 13.9. The first-order chi connectivity index (χ1) is 8.47. The number of aliphatic hydroxyl groups excluding tert-OH is 1. The van der Waals surface area contributed by atoms with E-state index in [0.717, 1.165) is 4.88 Å². The van der Waals surface area contributed by atoms with Crippen molar-refractivity contribution in [2.24, 2.45) is 5.92 Å². The highest BCUT2D eigenvalue weighted by Gasteiger charge is 2.08. The van der Waals surface area contributed by atoms with Gasteiger partial charge < -0.3 is 15.7 Å². The van der Waals surface area contributed by atoms with Crippen LogP contribution in [0.4, 0.5) is 4.79 Å². The van der Waals surface area contributed by atoms with Crippen molar-refractivity contribution in [1.29, 1.82) is 0 Å². The van der Waals surface area contributed by atoms with Crippen molar-refractivity contribution in [3.05, 3.63) is 21.9 Å². The quantitative estimate of drug-likeness (QED) is 0.742. The van der Waals surface area contributed by atoms with E-state index in [0.29, 0.717) is 19.5 Å². The lowest BCUT2D eigenvalue weighted by molar-refractivity contribution is 0.163. The minimum Gasteiger partial charge on any atom is -0.393 e. The second-order valence-corrected chi connectivity index (χ2v) is 6.14. The number of urea groups is 1.